The Morgan fingerprint density at radius 2 is 2.00 bits per heavy atom. The third-order valence-electron chi connectivity index (χ3n) is 3.07. The Kier molecular flexibility index (Phi) is 4.38. The van der Waals surface area contributed by atoms with Gasteiger partial charge >= 0.3 is 0 Å². The molecule has 0 amide bonds. The lowest BCUT2D eigenvalue weighted by molar-refractivity contribution is 0.396. The van der Waals surface area contributed by atoms with Crippen molar-refractivity contribution in [1.29, 1.82) is 0 Å². The van der Waals surface area contributed by atoms with Crippen LogP contribution in [0.5, 0.6) is 5.88 Å². The molecule has 0 aliphatic rings. The first-order chi connectivity index (χ1) is 9.10. The van der Waals surface area contributed by atoms with Crippen molar-refractivity contribution in [2.75, 3.05) is 7.11 Å². The van der Waals surface area contributed by atoms with Gasteiger partial charge in [0.25, 0.3) is 0 Å². The molecule has 0 aliphatic heterocycles. The van der Waals surface area contributed by atoms with Crippen LogP contribution in [0.4, 0.5) is 0 Å². The van der Waals surface area contributed by atoms with Gasteiger partial charge in [-0.15, -0.1) is 11.6 Å². The summed E-state index contributed by atoms with van der Waals surface area (Å²) in [6.07, 6.45) is 2.16. The summed E-state index contributed by atoms with van der Waals surface area (Å²) in [4.78, 5) is 8.22. The molecule has 100 valence electrons. The van der Waals surface area contributed by atoms with E-state index in [1.54, 1.807) is 7.11 Å². The standard InChI is InChI=1S/C15H17ClN2O/c1-10-4-5-11(2)13(6-10)14(16)7-12-8-15(19-3)18-9-17-12/h4-6,8-9,14H,7H2,1-3H3. The molecule has 1 aromatic heterocycles. The summed E-state index contributed by atoms with van der Waals surface area (Å²) < 4.78 is 5.09. The van der Waals surface area contributed by atoms with E-state index in [1.807, 2.05) is 6.07 Å². The van der Waals surface area contributed by atoms with Crippen molar-refractivity contribution >= 4 is 11.6 Å². The van der Waals surface area contributed by atoms with E-state index < -0.39 is 0 Å². The van der Waals surface area contributed by atoms with Gasteiger partial charge in [0.1, 0.15) is 6.33 Å². The number of alkyl halides is 1. The second-order valence-electron chi connectivity index (χ2n) is 4.58. The van der Waals surface area contributed by atoms with Gasteiger partial charge in [0.05, 0.1) is 12.5 Å². The van der Waals surface area contributed by atoms with Crippen LogP contribution in [0.1, 0.15) is 27.8 Å². The Labute approximate surface area is 118 Å². The number of aryl methyl sites for hydroxylation is 2. The van der Waals surface area contributed by atoms with Crippen LogP contribution in [0.25, 0.3) is 0 Å². The fraction of sp³-hybridized carbons (Fsp3) is 0.333. The van der Waals surface area contributed by atoms with Gasteiger partial charge in [-0.25, -0.2) is 9.97 Å². The lowest BCUT2D eigenvalue weighted by Gasteiger charge is -2.13. The number of ether oxygens (including phenoxy) is 1. The van der Waals surface area contributed by atoms with Gasteiger partial charge in [-0.05, 0) is 25.0 Å². The van der Waals surface area contributed by atoms with E-state index in [-0.39, 0.29) is 5.38 Å². The summed E-state index contributed by atoms with van der Waals surface area (Å²) >= 11 is 6.51. The number of rotatable bonds is 4. The Morgan fingerprint density at radius 3 is 2.74 bits per heavy atom. The van der Waals surface area contributed by atoms with E-state index in [0.29, 0.717) is 12.3 Å². The molecular weight excluding hydrogens is 260 g/mol. The van der Waals surface area contributed by atoms with Gasteiger partial charge < -0.3 is 4.74 Å². The van der Waals surface area contributed by atoms with Gasteiger partial charge in [0.15, 0.2) is 0 Å². The van der Waals surface area contributed by atoms with Crippen molar-refractivity contribution in [3.63, 3.8) is 0 Å². The molecule has 0 N–H and O–H groups in total. The molecule has 1 aromatic carbocycles. The summed E-state index contributed by atoms with van der Waals surface area (Å²) in [5.74, 6) is 0.565. The molecule has 0 spiro atoms. The molecule has 4 heteroatoms. The van der Waals surface area contributed by atoms with Crippen LogP contribution in [-0.4, -0.2) is 17.1 Å². The molecular formula is C15H17ClN2O. The number of benzene rings is 1. The van der Waals surface area contributed by atoms with Crippen molar-refractivity contribution in [3.8, 4) is 5.88 Å². The lowest BCUT2D eigenvalue weighted by atomic mass is 10.00. The van der Waals surface area contributed by atoms with Crippen LogP contribution in [0.15, 0.2) is 30.6 Å². The molecule has 0 bridgehead atoms. The molecule has 2 aromatic rings. The third-order valence-corrected chi connectivity index (χ3v) is 3.46. The Morgan fingerprint density at radius 1 is 1.21 bits per heavy atom. The smallest absolute Gasteiger partial charge is 0.216 e. The third kappa shape index (κ3) is 3.44. The highest BCUT2D eigenvalue weighted by atomic mass is 35.5. The fourth-order valence-electron chi connectivity index (χ4n) is 1.99. The number of hydrogen-bond donors (Lipinski definition) is 0. The van der Waals surface area contributed by atoms with Crippen LogP contribution in [0.2, 0.25) is 0 Å². The first-order valence-corrected chi connectivity index (χ1v) is 6.60. The number of methoxy groups -OCH3 is 1. The minimum absolute atomic E-state index is 0.0977. The summed E-state index contributed by atoms with van der Waals surface area (Å²) in [5, 5.41) is -0.0977. The molecule has 0 aliphatic carbocycles. The van der Waals surface area contributed by atoms with Crippen molar-refractivity contribution in [3.05, 3.63) is 53.0 Å². The van der Waals surface area contributed by atoms with Gasteiger partial charge in [-0.1, -0.05) is 23.8 Å². The van der Waals surface area contributed by atoms with Crippen LogP contribution in [0, 0.1) is 13.8 Å². The van der Waals surface area contributed by atoms with Crippen molar-refractivity contribution < 1.29 is 4.74 Å². The predicted octanol–water partition coefficient (Wildman–Crippen LogP) is 3.62. The first kappa shape index (κ1) is 13.8. The van der Waals surface area contributed by atoms with E-state index >= 15 is 0 Å². The van der Waals surface area contributed by atoms with Crippen molar-refractivity contribution in [2.45, 2.75) is 25.6 Å². The van der Waals surface area contributed by atoms with Crippen LogP contribution in [-0.2, 0) is 6.42 Å². The molecule has 2 rings (SSSR count). The summed E-state index contributed by atoms with van der Waals surface area (Å²) in [7, 11) is 1.59. The zero-order chi connectivity index (χ0) is 13.8. The maximum absolute atomic E-state index is 6.51. The average molecular weight is 277 g/mol. The second-order valence-corrected chi connectivity index (χ2v) is 5.11. The lowest BCUT2D eigenvalue weighted by Crippen LogP contribution is -2.02. The SMILES string of the molecule is COc1cc(CC(Cl)c2cc(C)ccc2C)ncn1. The zero-order valence-corrected chi connectivity index (χ0v) is 12.1. The Hall–Kier alpha value is -1.61. The van der Waals surface area contributed by atoms with E-state index in [2.05, 4.69) is 42.0 Å². The number of aromatic nitrogens is 2. The van der Waals surface area contributed by atoms with Gasteiger partial charge in [0, 0.05) is 18.2 Å². The van der Waals surface area contributed by atoms with E-state index in [1.165, 1.54) is 17.5 Å². The number of hydrogen-bond acceptors (Lipinski definition) is 3. The highest BCUT2D eigenvalue weighted by Crippen LogP contribution is 2.28. The van der Waals surface area contributed by atoms with E-state index in [0.717, 1.165) is 11.3 Å². The zero-order valence-electron chi connectivity index (χ0n) is 11.4. The fourth-order valence-corrected chi connectivity index (χ4v) is 2.38. The minimum atomic E-state index is -0.0977. The molecule has 1 atom stereocenters. The average Bonchev–Trinajstić information content (AvgIpc) is 2.41. The molecule has 0 fully saturated rings. The second kappa shape index (κ2) is 6.02. The van der Waals surface area contributed by atoms with Crippen molar-refractivity contribution in [2.24, 2.45) is 0 Å². The monoisotopic (exact) mass is 276 g/mol. The largest absolute Gasteiger partial charge is 0.481 e. The van der Waals surface area contributed by atoms with Gasteiger partial charge in [0.2, 0.25) is 5.88 Å². The normalized spacial score (nSPS) is 12.2. The molecule has 1 heterocycles. The molecule has 19 heavy (non-hydrogen) atoms. The highest BCUT2D eigenvalue weighted by molar-refractivity contribution is 6.21. The molecule has 1 unspecified atom stereocenters. The van der Waals surface area contributed by atoms with E-state index in [4.69, 9.17) is 16.3 Å². The molecule has 3 nitrogen and oxygen atoms in total. The van der Waals surface area contributed by atoms with Gasteiger partial charge in [-0.3, -0.25) is 0 Å². The van der Waals surface area contributed by atoms with Crippen LogP contribution in [0.3, 0.4) is 0 Å². The van der Waals surface area contributed by atoms with Crippen LogP contribution < -0.4 is 4.74 Å². The number of halogens is 1. The number of nitrogens with zero attached hydrogens (tertiary/aromatic N) is 2. The Bertz CT molecular complexity index is 572. The predicted molar refractivity (Wildman–Crippen MR) is 76.8 cm³/mol. The Balaban J connectivity index is 2.20. The van der Waals surface area contributed by atoms with Gasteiger partial charge in [-0.2, -0.15) is 0 Å². The highest BCUT2D eigenvalue weighted by Gasteiger charge is 2.13. The summed E-state index contributed by atoms with van der Waals surface area (Å²) in [6, 6.07) is 8.14. The van der Waals surface area contributed by atoms with Crippen molar-refractivity contribution in [1.82, 2.24) is 9.97 Å². The topological polar surface area (TPSA) is 35.0 Å². The molecule has 0 saturated carbocycles. The summed E-state index contributed by atoms with van der Waals surface area (Å²) in [6.45, 7) is 4.14. The van der Waals surface area contributed by atoms with E-state index in [9.17, 15) is 0 Å². The quantitative estimate of drug-likeness (QED) is 0.800. The minimum Gasteiger partial charge on any atom is -0.481 e. The molecule has 0 saturated heterocycles. The maximum atomic E-state index is 6.51. The molecule has 0 radical (unpaired) electrons. The maximum Gasteiger partial charge on any atom is 0.216 e. The first-order valence-electron chi connectivity index (χ1n) is 6.16. The summed E-state index contributed by atoms with van der Waals surface area (Å²) in [5.41, 5.74) is 4.45. The van der Waals surface area contributed by atoms with Crippen LogP contribution >= 0.6 is 11.6 Å².